The summed E-state index contributed by atoms with van der Waals surface area (Å²) in [6, 6.07) is 0.437. The van der Waals surface area contributed by atoms with Gasteiger partial charge >= 0.3 is 0 Å². The Labute approximate surface area is 173 Å². The van der Waals surface area contributed by atoms with E-state index in [9.17, 15) is 4.79 Å². The molecule has 1 heterocycles. The topological polar surface area (TPSA) is 76.4 Å². The molecule has 1 rings (SSSR count). The van der Waals surface area contributed by atoms with Gasteiger partial charge in [-0.15, -0.1) is 0 Å². The van der Waals surface area contributed by atoms with Crippen LogP contribution in [0.1, 0.15) is 87.5 Å². The van der Waals surface area contributed by atoms with Crippen molar-refractivity contribution in [1.29, 1.82) is 0 Å². The summed E-state index contributed by atoms with van der Waals surface area (Å²) < 4.78 is 5.47. The van der Waals surface area contributed by atoms with Crippen LogP contribution in [-0.4, -0.2) is 48.7 Å². The smallest absolute Gasteiger partial charge is 0.169 e. The number of hydrogen-bond acceptors (Lipinski definition) is 5. The molecule has 0 aliphatic carbocycles. The minimum absolute atomic E-state index is 0.155. The lowest BCUT2D eigenvalue weighted by atomic mass is 9.85. The van der Waals surface area contributed by atoms with Gasteiger partial charge in [0.25, 0.3) is 0 Å². The van der Waals surface area contributed by atoms with Crippen molar-refractivity contribution in [3.05, 3.63) is 0 Å². The van der Waals surface area contributed by atoms with Crippen LogP contribution >= 0.6 is 0 Å². The Kier molecular flexibility index (Phi) is 10.1. The highest BCUT2D eigenvalue weighted by Crippen LogP contribution is 2.26. The molecule has 0 amide bonds. The summed E-state index contributed by atoms with van der Waals surface area (Å²) in [5.41, 5.74) is 5.41. The van der Waals surface area contributed by atoms with Crippen molar-refractivity contribution >= 4 is 5.78 Å². The van der Waals surface area contributed by atoms with Gasteiger partial charge in [0.15, 0.2) is 5.78 Å². The Morgan fingerprint density at radius 3 is 2.25 bits per heavy atom. The van der Waals surface area contributed by atoms with Gasteiger partial charge in [-0.25, -0.2) is 0 Å². The standard InChI is InChI=1S/C23H47N3O2/c1-16(11-12-19-15-28-18(19)3)25-20(10-9-13-24)21(27)23(7,8)26-17(2)14-22(4,5)6/h16-20,25-26H,9-15,24H2,1-8H3. The van der Waals surface area contributed by atoms with E-state index in [1.807, 2.05) is 13.8 Å². The fourth-order valence-corrected chi connectivity index (χ4v) is 4.34. The molecule has 1 saturated heterocycles. The van der Waals surface area contributed by atoms with Crippen LogP contribution in [0, 0.1) is 11.3 Å². The van der Waals surface area contributed by atoms with E-state index in [0.717, 1.165) is 38.7 Å². The van der Waals surface area contributed by atoms with Crippen LogP contribution in [0.4, 0.5) is 0 Å². The van der Waals surface area contributed by atoms with Crippen molar-refractivity contribution in [2.24, 2.45) is 17.1 Å². The molecule has 4 N–H and O–H groups in total. The first-order chi connectivity index (χ1) is 12.9. The molecule has 5 unspecified atom stereocenters. The number of nitrogens with one attached hydrogen (secondary N) is 2. The lowest BCUT2D eigenvalue weighted by Crippen LogP contribution is -2.58. The van der Waals surface area contributed by atoms with E-state index >= 15 is 0 Å². The van der Waals surface area contributed by atoms with Crippen molar-refractivity contribution in [3.8, 4) is 0 Å². The molecule has 0 radical (unpaired) electrons. The van der Waals surface area contributed by atoms with E-state index in [1.54, 1.807) is 0 Å². The van der Waals surface area contributed by atoms with Crippen LogP contribution in [0.25, 0.3) is 0 Å². The largest absolute Gasteiger partial charge is 0.378 e. The highest BCUT2D eigenvalue weighted by atomic mass is 16.5. The predicted octanol–water partition coefficient (Wildman–Crippen LogP) is 3.65. The fraction of sp³-hybridized carbons (Fsp3) is 0.957. The maximum absolute atomic E-state index is 13.4. The van der Waals surface area contributed by atoms with Gasteiger partial charge in [0.05, 0.1) is 24.3 Å². The Balaban J connectivity index is 2.65. The second-order valence-corrected chi connectivity index (χ2v) is 10.7. The first kappa shape index (κ1) is 25.5. The summed E-state index contributed by atoms with van der Waals surface area (Å²) in [4.78, 5) is 13.4. The summed E-state index contributed by atoms with van der Waals surface area (Å²) in [6.07, 6.45) is 5.28. The molecule has 0 aromatic carbocycles. The summed E-state index contributed by atoms with van der Waals surface area (Å²) in [7, 11) is 0. The molecule has 0 saturated carbocycles. The molecule has 0 spiro atoms. The molecule has 0 bridgehead atoms. The lowest BCUT2D eigenvalue weighted by Gasteiger charge is -2.37. The average Bonchev–Trinajstić information content (AvgIpc) is 2.54. The Morgan fingerprint density at radius 2 is 1.79 bits per heavy atom. The number of rotatable bonds is 13. The number of ether oxygens (including phenoxy) is 1. The minimum atomic E-state index is -0.563. The normalized spacial score (nSPS) is 23.8. The van der Waals surface area contributed by atoms with Crippen LogP contribution in [0.15, 0.2) is 0 Å². The van der Waals surface area contributed by atoms with Gasteiger partial charge in [0, 0.05) is 18.0 Å². The fourth-order valence-electron chi connectivity index (χ4n) is 4.34. The van der Waals surface area contributed by atoms with Gasteiger partial charge in [-0.1, -0.05) is 20.8 Å². The van der Waals surface area contributed by atoms with Gasteiger partial charge in [-0.2, -0.15) is 0 Å². The molecule has 28 heavy (non-hydrogen) atoms. The second-order valence-electron chi connectivity index (χ2n) is 10.7. The van der Waals surface area contributed by atoms with E-state index < -0.39 is 5.54 Å². The highest BCUT2D eigenvalue weighted by molar-refractivity contribution is 5.92. The molecule has 1 aliphatic rings. The van der Waals surface area contributed by atoms with E-state index in [-0.39, 0.29) is 23.3 Å². The molecular formula is C23H47N3O2. The molecule has 1 aliphatic heterocycles. The maximum Gasteiger partial charge on any atom is 0.169 e. The van der Waals surface area contributed by atoms with Crippen molar-refractivity contribution in [1.82, 2.24) is 10.6 Å². The molecule has 0 aromatic rings. The second kappa shape index (κ2) is 11.1. The van der Waals surface area contributed by atoms with E-state index in [1.165, 1.54) is 0 Å². The average molecular weight is 398 g/mol. The molecule has 166 valence electrons. The van der Waals surface area contributed by atoms with Gasteiger partial charge in [-0.05, 0) is 78.7 Å². The highest BCUT2D eigenvalue weighted by Gasteiger charge is 2.35. The first-order valence-electron chi connectivity index (χ1n) is 11.3. The summed E-state index contributed by atoms with van der Waals surface area (Å²) in [6.45, 7) is 18.8. The maximum atomic E-state index is 13.4. The van der Waals surface area contributed by atoms with Crippen LogP contribution in [0.2, 0.25) is 0 Å². The zero-order valence-corrected chi connectivity index (χ0v) is 19.7. The monoisotopic (exact) mass is 397 g/mol. The molecular weight excluding hydrogens is 350 g/mol. The zero-order valence-electron chi connectivity index (χ0n) is 19.7. The van der Waals surface area contributed by atoms with Crippen molar-refractivity contribution in [2.75, 3.05) is 13.2 Å². The van der Waals surface area contributed by atoms with Crippen molar-refractivity contribution < 1.29 is 9.53 Å². The van der Waals surface area contributed by atoms with Crippen molar-refractivity contribution in [3.63, 3.8) is 0 Å². The SMILES string of the molecule is CC(CCC1COC1C)NC(CCCN)C(=O)C(C)(C)NC(C)CC(C)(C)C. The molecule has 1 fully saturated rings. The summed E-state index contributed by atoms with van der Waals surface area (Å²) >= 11 is 0. The van der Waals surface area contributed by atoms with E-state index in [0.29, 0.717) is 24.6 Å². The third-order valence-corrected chi connectivity index (χ3v) is 5.85. The molecule has 5 heteroatoms. The van der Waals surface area contributed by atoms with Crippen LogP contribution in [0.3, 0.4) is 0 Å². The van der Waals surface area contributed by atoms with E-state index in [4.69, 9.17) is 10.5 Å². The third-order valence-electron chi connectivity index (χ3n) is 5.85. The minimum Gasteiger partial charge on any atom is -0.378 e. The van der Waals surface area contributed by atoms with Crippen LogP contribution in [0.5, 0.6) is 0 Å². The molecule has 0 aromatic heterocycles. The van der Waals surface area contributed by atoms with Crippen molar-refractivity contribution in [2.45, 2.75) is 117 Å². The van der Waals surface area contributed by atoms with Gasteiger partial charge in [0.2, 0.25) is 0 Å². The zero-order chi connectivity index (χ0) is 21.5. The summed E-state index contributed by atoms with van der Waals surface area (Å²) in [5, 5.41) is 7.19. The lowest BCUT2D eigenvalue weighted by molar-refractivity contribution is -0.127. The number of carbonyl (C=O) groups is 1. The van der Waals surface area contributed by atoms with Crippen LogP contribution in [-0.2, 0) is 9.53 Å². The Bertz CT molecular complexity index is 473. The Morgan fingerprint density at radius 1 is 1.14 bits per heavy atom. The van der Waals surface area contributed by atoms with Gasteiger partial charge < -0.3 is 21.1 Å². The van der Waals surface area contributed by atoms with Crippen LogP contribution < -0.4 is 16.4 Å². The number of carbonyl (C=O) groups excluding carboxylic acids is 1. The number of ketones is 1. The molecule has 5 atom stereocenters. The number of nitrogens with two attached hydrogens (primary N) is 1. The van der Waals surface area contributed by atoms with E-state index in [2.05, 4.69) is 52.2 Å². The Hall–Kier alpha value is -0.490. The predicted molar refractivity (Wildman–Crippen MR) is 119 cm³/mol. The number of Topliss-reactive ketones (excluding diaryl/α,β-unsaturated/α-hetero) is 1. The van der Waals surface area contributed by atoms with Gasteiger partial charge in [0.1, 0.15) is 0 Å². The number of hydrogen-bond donors (Lipinski definition) is 3. The molecule has 5 nitrogen and oxygen atoms in total. The quantitative estimate of drug-likeness (QED) is 0.442. The van der Waals surface area contributed by atoms with Gasteiger partial charge in [-0.3, -0.25) is 4.79 Å². The first-order valence-corrected chi connectivity index (χ1v) is 11.3. The third kappa shape index (κ3) is 8.89. The summed E-state index contributed by atoms with van der Waals surface area (Å²) in [5.74, 6) is 0.910.